The Morgan fingerprint density at radius 3 is 1.68 bits per heavy atom. The van der Waals surface area contributed by atoms with Crippen molar-refractivity contribution in [1.82, 2.24) is 4.90 Å². The average molecular weight is 628 g/mol. The number of amides is 2. The number of carbonyl (C=O) groups excluding carboxylic acids is 5. The van der Waals surface area contributed by atoms with E-state index in [1.54, 1.807) is 30.3 Å². The maximum absolute atomic E-state index is 13.7. The number of hydrogen-bond donors (Lipinski definition) is 0. The van der Waals surface area contributed by atoms with Gasteiger partial charge in [0.25, 0.3) is 0 Å². The fraction of sp³-hybridized carbons (Fsp3) is 0.256. The monoisotopic (exact) mass is 627 g/mol. The van der Waals surface area contributed by atoms with Crippen molar-refractivity contribution in [2.75, 3.05) is 13.2 Å². The van der Waals surface area contributed by atoms with E-state index in [4.69, 9.17) is 9.47 Å². The van der Waals surface area contributed by atoms with Crippen LogP contribution in [-0.2, 0) is 19.1 Å². The van der Waals surface area contributed by atoms with Gasteiger partial charge in [0.05, 0.1) is 17.4 Å². The molecule has 0 aromatic heterocycles. The van der Waals surface area contributed by atoms with E-state index in [1.165, 1.54) is 29.2 Å². The van der Waals surface area contributed by atoms with E-state index in [9.17, 15) is 24.0 Å². The number of imide groups is 1. The molecule has 2 atom stereocenters. The minimum absolute atomic E-state index is 0.0979. The molecule has 0 unspecified atom stereocenters. The molecule has 0 radical (unpaired) electrons. The lowest BCUT2D eigenvalue weighted by Gasteiger charge is -2.45. The molecule has 4 aliphatic rings. The number of likely N-dealkylation sites (tertiary alicyclic amines) is 1. The van der Waals surface area contributed by atoms with Crippen LogP contribution in [0.25, 0.3) is 0 Å². The van der Waals surface area contributed by atoms with Gasteiger partial charge in [0, 0.05) is 30.4 Å². The summed E-state index contributed by atoms with van der Waals surface area (Å²) in [5.41, 5.74) is 5.35. The Morgan fingerprint density at radius 2 is 1.13 bits per heavy atom. The quantitative estimate of drug-likeness (QED) is 0.0652. The lowest BCUT2D eigenvalue weighted by Crippen LogP contribution is -2.41. The summed E-state index contributed by atoms with van der Waals surface area (Å²) in [5, 5.41) is 0. The van der Waals surface area contributed by atoms with Crippen molar-refractivity contribution < 1.29 is 33.4 Å². The van der Waals surface area contributed by atoms with Gasteiger partial charge in [0.15, 0.2) is 12.4 Å². The molecular formula is C39H33NO7. The molecule has 236 valence electrons. The van der Waals surface area contributed by atoms with Crippen LogP contribution in [0.3, 0.4) is 0 Å². The Bertz CT molecular complexity index is 1750. The first-order valence-electron chi connectivity index (χ1n) is 16.0. The Kier molecular flexibility index (Phi) is 8.24. The van der Waals surface area contributed by atoms with E-state index in [1.807, 2.05) is 24.3 Å². The lowest BCUT2D eigenvalue weighted by molar-refractivity contribution is -0.143. The number of carbonyl (C=O) groups is 5. The number of esters is 2. The van der Waals surface area contributed by atoms with Crippen molar-refractivity contribution >= 4 is 29.5 Å². The van der Waals surface area contributed by atoms with Crippen LogP contribution in [0.1, 0.15) is 80.5 Å². The molecule has 8 heteroatoms. The maximum atomic E-state index is 13.7. The molecule has 8 rings (SSSR count). The van der Waals surface area contributed by atoms with Crippen LogP contribution in [0.2, 0.25) is 0 Å². The zero-order valence-electron chi connectivity index (χ0n) is 25.7. The van der Waals surface area contributed by atoms with Crippen LogP contribution in [0.15, 0.2) is 103 Å². The van der Waals surface area contributed by atoms with Gasteiger partial charge in [-0.3, -0.25) is 24.1 Å². The standard InChI is InChI=1S/C39H33NO7/c41-31(24-18-20-26(21-19-24)47-39(45)25-11-3-1-4-12-25)23-46-32(42)17-5-2-10-22-40-37(43)35-33-27-13-6-7-14-28(27)34(36(35)38(40)44)30-16-9-8-15-29(30)33/h1,3-4,6-9,11-16,18-21,33-36H,2,5,10,17,22-23H2/t33?,34?,35-,36-/m0/s1. The molecule has 2 bridgehead atoms. The van der Waals surface area contributed by atoms with E-state index in [-0.39, 0.29) is 47.7 Å². The molecular weight excluding hydrogens is 594 g/mol. The van der Waals surface area contributed by atoms with E-state index >= 15 is 0 Å². The second-order valence-corrected chi connectivity index (χ2v) is 12.3. The van der Waals surface area contributed by atoms with Gasteiger partial charge in [-0.1, -0.05) is 73.2 Å². The average Bonchev–Trinajstić information content (AvgIpc) is 3.36. The van der Waals surface area contributed by atoms with Crippen LogP contribution >= 0.6 is 0 Å². The summed E-state index contributed by atoms with van der Waals surface area (Å²) in [4.78, 5) is 65.9. The molecule has 1 saturated heterocycles. The zero-order chi connectivity index (χ0) is 32.5. The summed E-state index contributed by atoms with van der Waals surface area (Å²) in [6.07, 6.45) is 1.86. The van der Waals surface area contributed by atoms with Gasteiger partial charge in [0.2, 0.25) is 11.8 Å². The molecule has 0 spiro atoms. The molecule has 4 aromatic rings. The lowest BCUT2D eigenvalue weighted by atomic mass is 9.55. The fourth-order valence-electron chi connectivity index (χ4n) is 7.43. The highest BCUT2D eigenvalue weighted by Crippen LogP contribution is 2.60. The van der Waals surface area contributed by atoms with E-state index in [0.29, 0.717) is 42.7 Å². The fourth-order valence-corrected chi connectivity index (χ4v) is 7.43. The highest BCUT2D eigenvalue weighted by atomic mass is 16.5. The van der Waals surface area contributed by atoms with E-state index in [0.717, 1.165) is 22.3 Å². The summed E-state index contributed by atoms with van der Waals surface area (Å²) >= 11 is 0. The summed E-state index contributed by atoms with van der Waals surface area (Å²) in [5.74, 6) is -2.26. The van der Waals surface area contributed by atoms with Gasteiger partial charge in [0.1, 0.15) is 5.75 Å². The predicted molar refractivity (Wildman–Crippen MR) is 172 cm³/mol. The number of ether oxygens (including phenoxy) is 2. The first-order chi connectivity index (χ1) is 22.9. The molecule has 2 amide bonds. The number of Topliss-reactive ketones (excluding diaryl/α,β-unsaturated/α-hetero) is 1. The minimum atomic E-state index is -0.501. The van der Waals surface area contributed by atoms with Crippen molar-refractivity contribution in [3.63, 3.8) is 0 Å². The smallest absolute Gasteiger partial charge is 0.343 e. The summed E-state index contributed by atoms with van der Waals surface area (Å²) in [6, 6.07) is 31.0. The molecule has 4 aromatic carbocycles. The molecule has 1 aliphatic heterocycles. The highest BCUT2D eigenvalue weighted by molar-refractivity contribution is 6.07. The molecule has 8 nitrogen and oxygen atoms in total. The van der Waals surface area contributed by atoms with Gasteiger partial charge < -0.3 is 9.47 Å². The molecule has 0 N–H and O–H groups in total. The Morgan fingerprint density at radius 1 is 0.596 bits per heavy atom. The number of ketones is 1. The van der Waals surface area contributed by atoms with Crippen LogP contribution in [0, 0.1) is 11.8 Å². The van der Waals surface area contributed by atoms with Gasteiger partial charge >= 0.3 is 11.9 Å². The third-order valence-corrected chi connectivity index (χ3v) is 9.56. The van der Waals surface area contributed by atoms with Gasteiger partial charge in [-0.05, 0) is 71.5 Å². The van der Waals surface area contributed by atoms with Crippen LogP contribution in [-0.4, -0.2) is 47.6 Å². The normalized spacial score (nSPS) is 20.3. The largest absolute Gasteiger partial charge is 0.457 e. The van der Waals surface area contributed by atoms with Crippen LogP contribution < -0.4 is 4.74 Å². The van der Waals surface area contributed by atoms with Gasteiger partial charge in [-0.25, -0.2) is 4.79 Å². The van der Waals surface area contributed by atoms with Crippen molar-refractivity contribution in [2.24, 2.45) is 11.8 Å². The van der Waals surface area contributed by atoms with Crippen LogP contribution in [0.5, 0.6) is 5.75 Å². The van der Waals surface area contributed by atoms with Crippen LogP contribution in [0.4, 0.5) is 0 Å². The third-order valence-electron chi connectivity index (χ3n) is 9.56. The Balaban J connectivity index is 0.864. The predicted octanol–water partition coefficient (Wildman–Crippen LogP) is 6.08. The second kappa shape index (κ2) is 12.8. The molecule has 0 saturated carbocycles. The molecule has 1 fully saturated rings. The van der Waals surface area contributed by atoms with E-state index in [2.05, 4.69) is 24.3 Å². The van der Waals surface area contributed by atoms with Crippen molar-refractivity contribution in [1.29, 1.82) is 0 Å². The highest BCUT2D eigenvalue weighted by Gasteiger charge is 2.61. The number of benzene rings is 4. The SMILES string of the molecule is O=C(CCCCCN1C(=O)[C@H]2C3c4ccccc4C(c4ccccc43)[C@@H]2C1=O)OCC(=O)c1ccc(OC(=O)c2ccccc2)cc1. The topological polar surface area (TPSA) is 107 Å². The molecule has 47 heavy (non-hydrogen) atoms. The first kappa shape index (κ1) is 30.3. The Labute approximate surface area is 272 Å². The van der Waals surface area contributed by atoms with Gasteiger partial charge in [-0.15, -0.1) is 0 Å². The van der Waals surface area contributed by atoms with Crippen molar-refractivity contribution in [3.05, 3.63) is 137 Å². The van der Waals surface area contributed by atoms with Crippen molar-refractivity contribution in [3.8, 4) is 5.75 Å². The minimum Gasteiger partial charge on any atom is -0.457 e. The molecule has 3 aliphatic carbocycles. The summed E-state index contributed by atoms with van der Waals surface area (Å²) < 4.78 is 10.5. The van der Waals surface area contributed by atoms with Crippen molar-refractivity contribution in [2.45, 2.75) is 37.5 Å². The number of nitrogens with zero attached hydrogens (tertiary/aromatic N) is 1. The molecule has 1 heterocycles. The number of unbranched alkanes of at least 4 members (excludes halogenated alkanes) is 2. The maximum Gasteiger partial charge on any atom is 0.343 e. The first-order valence-corrected chi connectivity index (χ1v) is 16.0. The second-order valence-electron chi connectivity index (χ2n) is 12.3. The Hall–Kier alpha value is -5.37. The third kappa shape index (κ3) is 5.65. The number of rotatable bonds is 11. The van der Waals surface area contributed by atoms with E-state index < -0.39 is 18.5 Å². The summed E-state index contributed by atoms with van der Waals surface area (Å²) in [6.45, 7) is -0.0738. The number of hydrogen-bond acceptors (Lipinski definition) is 7. The van der Waals surface area contributed by atoms with Gasteiger partial charge in [-0.2, -0.15) is 0 Å². The zero-order valence-corrected chi connectivity index (χ0v) is 25.7. The summed E-state index contributed by atoms with van der Waals surface area (Å²) in [7, 11) is 0.